The van der Waals surface area contributed by atoms with Gasteiger partial charge in [-0.1, -0.05) is 44.2 Å². The lowest BCUT2D eigenvalue weighted by Gasteiger charge is -1.84. The van der Waals surface area contributed by atoms with Gasteiger partial charge in [-0.3, -0.25) is 4.99 Å². The molecule has 0 heterocycles. The van der Waals surface area contributed by atoms with Gasteiger partial charge < -0.3 is 16.9 Å². The van der Waals surface area contributed by atoms with Crippen molar-refractivity contribution in [2.75, 3.05) is 7.05 Å². The molecule has 0 amide bonds. The van der Waals surface area contributed by atoms with Crippen molar-refractivity contribution >= 4 is 12.2 Å². The molecule has 0 saturated carbocycles. The Hall–Kier alpha value is -1.84. The highest BCUT2D eigenvalue weighted by molar-refractivity contribution is 5.76. The lowest BCUT2D eigenvalue weighted by Crippen LogP contribution is -2.21. The number of nitrogens with zero attached hydrogens (tertiary/aromatic N) is 1. The third-order valence-electron chi connectivity index (χ3n) is 1.22. The Labute approximate surface area is 91.5 Å². The molecular formula is C11H20N4. The Morgan fingerprint density at radius 1 is 1.20 bits per heavy atom. The van der Waals surface area contributed by atoms with Crippen LogP contribution in [0.3, 0.4) is 0 Å². The van der Waals surface area contributed by atoms with E-state index in [9.17, 15) is 0 Å². The molecule has 84 valence electrons. The van der Waals surface area contributed by atoms with Crippen molar-refractivity contribution in [3.63, 3.8) is 0 Å². The van der Waals surface area contributed by atoms with Crippen LogP contribution in [0.2, 0.25) is 0 Å². The van der Waals surface area contributed by atoms with Gasteiger partial charge in [-0.25, -0.2) is 0 Å². The van der Waals surface area contributed by atoms with E-state index in [0.717, 1.165) is 5.56 Å². The molecule has 0 aliphatic heterocycles. The number of nitrogens with one attached hydrogen (secondary N) is 1. The summed E-state index contributed by atoms with van der Waals surface area (Å²) in [7, 11) is 1.54. The van der Waals surface area contributed by atoms with E-state index >= 15 is 0 Å². The van der Waals surface area contributed by atoms with Gasteiger partial charge in [0.2, 0.25) is 0 Å². The van der Waals surface area contributed by atoms with Crippen molar-refractivity contribution < 1.29 is 0 Å². The largest absolute Gasteiger partial charge is 0.370 e. The highest BCUT2D eigenvalue weighted by atomic mass is 15.0. The summed E-state index contributed by atoms with van der Waals surface area (Å²) >= 11 is 0. The maximum absolute atomic E-state index is 6.82. The van der Waals surface area contributed by atoms with Crippen LogP contribution >= 0.6 is 0 Å². The van der Waals surface area contributed by atoms with Crippen molar-refractivity contribution in [3.05, 3.63) is 35.9 Å². The number of guanidine groups is 1. The van der Waals surface area contributed by atoms with Gasteiger partial charge in [0, 0.05) is 13.3 Å². The molecule has 1 aromatic carbocycles. The van der Waals surface area contributed by atoms with E-state index in [4.69, 9.17) is 16.9 Å². The van der Waals surface area contributed by atoms with Gasteiger partial charge in [0.25, 0.3) is 0 Å². The fraction of sp³-hybridized carbons (Fsp3) is 0.273. The van der Waals surface area contributed by atoms with Crippen LogP contribution < -0.4 is 11.5 Å². The van der Waals surface area contributed by atoms with Crippen molar-refractivity contribution in [2.24, 2.45) is 16.5 Å². The van der Waals surface area contributed by atoms with E-state index in [0.29, 0.717) is 0 Å². The van der Waals surface area contributed by atoms with Crippen LogP contribution in [-0.2, 0) is 0 Å². The van der Waals surface area contributed by atoms with E-state index in [2.05, 4.69) is 4.99 Å². The summed E-state index contributed by atoms with van der Waals surface area (Å²) < 4.78 is 0. The first-order valence-electron chi connectivity index (χ1n) is 4.74. The van der Waals surface area contributed by atoms with Crippen LogP contribution in [0.5, 0.6) is 0 Å². The normalized spacial score (nSPS) is 7.13. The molecule has 0 fully saturated rings. The van der Waals surface area contributed by atoms with Gasteiger partial charge in [-0.2, -0.15) is 0 Å². The third-order valence-corrected chi connectivity index (χ3v) is 1.22. The minimum Gasteiger partial charge on any atom is -0.370 e. The maximum Gasteiger partial charge on any atom is 0.185 e. The van der Waals surface area contributed by atoms with Crippen LogP contribution in [-0.4, -0.2) is 19.2 Å². The molecule has 1 rings (SSSR count). The average Bonchev–Trinajstić information content (AvgIpc) is 2.33. The molecule has 5 N–H and O–H groups in total. The standard InChI is InChI=1S/C7H7N.C2H7N3.C2H6/c8-6-7-4-2-1-3-5-7;1-5-2(3)4;1-2/h1-6,8H;1H3,(H4,3,4,5);1-2H3. The highest BCUT2D eigenvalue weighted by Gasteiger charge is 1.77. The second-order valence-electron chi connectivity index (χ2n) is 2.20. The number of benzene rings is 1. The molecule has 15 heavy (non-hydrogen) atoms. The molecular weight excluding hydrogens is 188 g/mol. The lowest BCUT2D eigenvalue weighted by atomic mass is 10.2. The van der Waals surface area contributed by atoms with Gasteiger partial charge in [-0.05, 0) is 5.56 Å². The predicted octanol–water partition coefficient (Wildman–Crippen LogP) is 1.60. The minimum absolute atomic E-state index is 0.130. The highest BCUT2D eigenvalue weighted by Crippen LogP contribution is 1.91. The van der Waals surface area contributed by atoms with Crippen LogP contribution in [0.1, 0.15) is 19.4 Å². The quantitative estimate of drug-likeness (QED) is 0.483. The second-order valence-corrected chi connectivity index (χ2v) is 2.20. The molecule has 0 aliphatic carbocycles. The van der Waals surface area contributed by atoms with E-state index in [-0.39, 0.29) is 5.96 Å². The first kappa shape index (κ1) is 15.6. The Bertz CT molecular complexity index is 263. The van der Waals surface area contributed by atoms with E-state index < -0.39 is 0 Å². The Morgan fingerprint density at radius 3 is 1.80 bits per heavy atom. The summed E-state index contributed by atoms with van der Waals surface area (Å²) in [4.78, 5) is 3.36. The van der Waals surface area contributed by atoms with Crippen molar-refractivity contribution in [3.8, 4) is 0 Å². The molecule has 0 bridgehead atoms. The Kier molecular flexibility index (Phi) is 12.7. The first-order valence-corrected chi connectivity index (χ1v) is 4.74. The SMILES string of the molecule is CC.CN=C(N)N.N=Cc1ccccc1. The monoisotopic (exact) mass is 208 g/mol. The molecule has 1 aromatic rings. The number of nitrogens with two attached hydrogens (primary N) is 2. The summed E-state index contributed by atoms with van der Waals surface area (Å²) in [5.74, 6) is 0.130. The maximum atomic E-state index is 6.82. The van der Waals surface area contributed by atoms with Gasteiger partial charge in [0.1, 0.15) is 0 Å². The summed E-state index contributed by atoms with van der Waals surface area (Å²) in [6.07, 6.45) is 1.33. The Morgan fingerprint density at radius 2 is 1.60 bits per heavy atom. The predicted molar refractivity (Wildman–Crippen MR) is 67.4 cm³/mol. The first-order chi connectivity index (χ1) is 7.20. The van der Waals surface area contributed by atoms with E-state index in [1.54, 1.807) is 0 Å². The molecule has 4 heteroatoms. The number of rotatable bonds is 1. The van der Waals surface area contributed by atoms with E-state index in [1.165, 1.54) is 13.3 Å². The molecule has 0 saturated heterocycles. The molecule has 0 spiro atoms. The fourth-order valence-corrected chi connectivity index (χ4v) is 0.549. The smallest absolute Gasteiger partial charge is 0.185 e. The number of aliphatic imine (C=N–C) groups is 1. The van der Waals surface area contributed by atoms with E-state index in [1.807, 2.05) is 44.2 Å². The molecule has 0 atom stereocenters. The van der Waals surface area contributed by atoms with Crippen molar-refractivity contribution in [1.82, 2.24) is 0 Å². The van der Waals surface area contributed by atoms with Crippen molar-refractivity contribution in [2.45, 2.75) is 13.8 Å². The van der Waals surface area contributed by atoms with Crippen LogP contribution in [0.25, 0.3) is 0 Å². The summed E-state index contributed by atoms with van der Waals surface area (Å²) in [5, 5.41) is 6.82. The average molecular weight is 208 g/mol. The van der Waals surface area contributed by atoms with Crippen LogP contribution in [0.4, 0.5) is 0 Å². The second kappa shape index (κ2) is 12.2. The van der Waals surface area contributed by atoms with Crippen LogP contribution in [0.15, 0.2) is 35.3 Å². The number of hydrogen-bond acceptors (Lipinski definition) is 2. The minimum atomic E-state index is 0.130. The zero-order valence-corrected chi connectivity index (χ0v) is 9.57. The summed E-state index contributed by atoms with van der Waals surface area (Å²) in [5.41, 5.74) is 10.6. The van der Waals surface area contributed by atoms with Gasteiger partial charge in [0.05, 0.1) is 0 Å². The van der Waals surface area contributed by atoms with Gasteiger partial charge in [-0.15, -0.1) is 0 Å². The van der Waals surface area contributed by atoms with Gasteiger partial charge in [0.15, 0.2) is 5.96 Å². The lowest BCUT2D eigenvalue weighted by molar-refractivity contribution is 1.36. The zero-order chi connectivity index (χ0) is 12.1. The topological polar surface area (TPSA) is 88.2 Å². The zero-order valence-electron chi connectivity index (χ0n) is 9.57. The molecule has 0 aliphatic rings. The molecule has 4 nitrogen and oxygen atoms in total. The summed E-state index contributed by atoms with van der Waals surface area (Å²) in [6, 6.07) is 9.56. The molecule has 0 radical (unpaired) electrons. The number of hydrogen-bond donors (Lipinski definition) is 3. The van der Waals surface area contributed by atoms with Crippen LogP contribution in [0, 0.1) is 5.41 Å². The molecule has 0 aromatic heterocycles. The van der Waals surface area contributed by atoms with Gasteiger partial charge >= 0.3 is 0 Å². The third kappa shape index (κ3) is 12.2. The summed E-state index contributed by atoms with van der Waals surface area (Å²) in [6.45, 7) is 4.00. The Balaban J connectivity index is 0. The van der Waals surface area contributed by atoms with Crippen molar-refractivity contribution in [1.29, 1.82) is 5.41 Å². The molecule has 0 unspecified atom stereocenters. The fourth-order valence-electron chi connectivity index (χ4n) is 0.549.